The van der Waals surface area contributed by atoms with Crippen LogP contribution in [0.1, 0.15) is 30.6 Å². The molecular formula is C17H16FN5. The summed E-state index contributed by atoms with van der Waals surface area (Å²) in [6.45, 7) is 1.68. The predicted octanol–water partition coefficient (Wildman–Crippen LogP) is 2.90. The van der Waals surface area contributed by atoms with Gasteiger partial charge >= 0.3 is 0 Å². The molecule has 0 amide bonds. The first-order chi connectivity index (χ1) is 11.3. The van der Waals surface area contributed by atoms with Crippen LogP contribution in [0, 0.1) is 5.82 Å². The summed E-state index contributed by atoms with van der Waals surface area (Å²) in [5.74, 6) is 2.02. The van der Waals surface area contributed by atoms with Gasteiger partial charge in [-0.2, -0.15) is 0 Å². The maximum atomic E-state index is 12.9. The molecule has 0 N–H and O–H groups in total. The monoisotopic (exact) mass is 309 g/mol. The van der Waals surface area contributed by atoms with Crippen molar-refractivity contribution in [2.45, 2.75) is 24.8 Å². The number of hydrogen-bond acceptors (Lipinski definition) is 4. The van der Waals surface area contributed by atoms with Crippen LogP contribution >= 0.6 is 0 Å². The second-order valence-electron chi connectivity index (χ2n) is 6.36. The minimum atomic E-state index is -0.401. The van der Waals surface area contributed by atoms with Crippen LogP contribution in [0.4, 0.5) is 10.3 Å². The van der Waals surface area contributed by atoms with Crippen molar-refractivity contribution in [3.63, 3.8) is 0 Å². The molecular weight excluding hydrogens is 293 g/mol. The third kappa shape index (κ3) is 2.09. The molecule has 0 spiro atoms. The fraction of sp³-hybridized carbons (Fsp3) is 0.353. The van der Waals surface area contributed by atoms with E-state index >= 15 is 0 Å². The average Bonchev–Trinajstić information content (AvgIpc) is 3.30. The molecule has 116 valence electrons. The highest BCUT2D eigenvalue weighted by molar-refractivity contribution is 5.76. The van der Waals surface area contributed by atoms with Gasteiger partial charge in [0.25, 0.3) is 0 Å². The maximum absolute atomic E-state index is 12.9. The van der Waals surface area contributed by atoms with Crippen LogP contribution in [0.2, 0.25) is 0 Å². The SMILES string of the molecule is Fc1cnc(N2CC(n3c(C4CC4)nc4ccccc43)C2)nc1. The third-order valence-corrected chi connectivity index (χ3v) is 4.68. The van der Waals surface area contributed by atoms with Gasteiger partial charge in [0, 0.05) is 19.0 Å². The van der Waals surface area contributed by atoms with E-state index in [1.807, 2.05) is 6.07 Å². The van der Waals surface area contributed by atoms with Gasteiger partial charge in [-0.1, -0.05) is 12.1 Å². The number of hydrogen-bond donors (Lipinski definition) is 0. The number of halogens is 1. The van der Waals surface area contributed by atoms with Crippen molar-refractivity contribution in [3.05, 3.63) is 48.3 Å². The molecule has 3 aromatic rings. The summed E-state index contributed by atoms with van der Waals surface area (Å²) >= 11 is 0. The van der Waals surface area contributed by atoms with Gasteiger partial charge in [-0.15, -0.1) is 0 Å². The van der Waals surface area contributed by atoms with Gasteiger partial charge in [0.2, 0.25) is 5.95 Å². The van der Waals surface area contributed by atoms with Crippen LogP contribution in [0.25, 0.3) is 11.0 Å². The van der Waals surface area contributed by atoms with Gasteiger partial charge in [0.1, 0.15) is 5.82 Å². The number of anilines is 1. The van der Waals surface area contributed by atoms with Crippen molar-refractivity contribution in [1.82, 2.24) is 19.5 Å². The lowest BCUT2D eigenvalue weighted by atomic mass is 10.1. The van der Waals surface area contributed by atoms with E-state index in [1.54, 1.807) is 0 Å². The van der Waals surface area contributed by atoms with Gasteiger partial charge in [-0.05, 0) is 25.0 Å². The molecule has 0 unspecified atom stereocenters. The molecule has 1 aliphatic carbocycles. The van der Waals surface area contributed by atoms with E-state index in [1.165, 1.54) is 36.6 Å². The molecule has 1 aromatic carbocycles. The zero-order valence-corrected chi connectivity index (χ0v) is 12.6. The first kappa shape index (κ1) is 13.0. The Morgan fingerprint density at radius 3 is 2.52 bits per heavy atom. The largest absolute Gasteiger partial charge is 0.337 e. The van der Waals surface area contributed by atoms with Crippen molar-refractivity contribution >= 4 is 17.0 Å². The summed E-state index contributed by atoms with van der Waals surface area (Å²) in [6, 6.07) is 8.71. The molecule has 23 heavy (non-hydrogen) atoms. The van der Waals surface area contributed by atoms with Crippen molar-refractivity contribution in [2.24, 2.45) is 0 Å². The fourth-order valence-electron chi connectivity index (χ4n) is 3.33. The molecule has 1 aliphatic heterocycles. The van der Waals surface area contributed by atoms with Gasteiger partial charge in [-0.3, -0.25) is 0 Å². The minimum absolute atomic E-state index is 0.381. The first-order valence-electron chi connectivity index (χ1n) is 7.99. The van der Waals surface area contributed by atoms with E-state index in [0.29, 0.717) is 17.9 Å². The van der Waals surface area contributed by atoms with Crippen LogP contribution in [0.15, 0.2) is 36.7 Å². The highest BCUT2D eigenvalue weighted by Gasteiger charge is 2.37. The molecule has 0 radical (unpaired) electrons. The normalized spacial score (nSPS) is 18.4. The molecule has 1 saturated carbocycles. The standard InChI is InChI=1S/C17H16FN5/c18-12-7-19-17(20-8-12)22-9-13(10-22)23-15-4-2-1-3-14(15)21-16(23)11-5-6-11/h1-4,7-8,11,13H,5-6,9-10H2. The van der Waals surface area contributed by atoms with Crippen LogP contribution in [0.3, 0.4) is 0 Å². The lowest BCUT2D eigenvalue weighted by Crippen LogP contribution is -2.49. The summed E-state index contributed by atoms with van der Waals surface area (Å²) in [5.41, 5.74) is 2.28. The molecule has 1 saturated heterocycles. The molecule has 6 heteroatoms. The lowest BCUT2D eigenvalue weighted by Gasteiger charge is -2.40. The van der Waals surface area contributed by atoms with Gasteiger partial charge in [0.15, 0.2) is 5.82 Å². The molecule has 2 fully saturated rings. The number of imidazole rings is 1. The van der Waals surface area contributed by atoms with E-state index in [-0.39, 0.29) is 0 Å². The highest BCUT2D eigenvalue weighted by atomic mass is 19.1. The average molecular weight is 309 g/mol. The molecule has 2 aliphatic rings. The Kier molecular flexibility index (Phi) is 2.68. The Balaban J connectivity index is 1.46. The van der Waals surface area contributed by atoms with E-state index < -0.39 is 5.82 Å². The molecule has 5 nitrogen and oxygen atoms in total. The second kappa shape index (κ2) is 4.75. The van der Waals surface area contributed by atoms with Crippen LogP contribution in [-0.2, 0) is 0 Å². The number of rotatable bonds is 3. The Hall–Kier alpha value is -2.50. The number of fused-ring (bicyclic) bond motifs is 1. The number of aromatic nitrogens is 4. The van der Waals surface area contributed by atoms with Crippen molar-refractivity contribution in [1.29, 1.82) is 0 Å². The van der Waals surface area contributed by atoms with Crippen molar-refractivity contribution in [2.75, 3.05) is 18.0 Å². The van der Waals surface area contributed by atoms with E-state index in [4.69, 9.17) is 4.98 Å². The summed E-state index contributed by atoms with van der Waals surface area (Å²) in [4.78, 5) is 15.1. The summed E-state index contributed by atoms with van der Waals surface area (Å²) in [7, 11) is 0. The highest BCUT2D eigenvalue weighted by Crippen LogP contribution is 2.43. The molecule has 2 aromatic heterocycles. The van der Waals surface area contributed by atoms with Crippen LogP contribution in [0.5, 0.6) is 0 Å². The third-order valence-electron chi connectivity index (χ3n) is 4.68. The Bertz CT molecular complexity index is 862. The zero-order valence-electron chi connectivity index (χ0n) is 12.6. The topological polar surface area (TPSA) is 46.8 Å². The van der Waals surface area contributed by atoms with E-state index in [9.17, 15) is 4.39 Å². The van der Waals surface area contributed by atoms with E-state index in [0.717, 1.165) is 18.6 Å². The summed E-state index contributed by atoms with van der Waals surface area (Å²) < 4.78 is 15.3. The van der Waals surface area contributed by atoms with Crippen LogP contribution < -0.4 is 4.90 Å². The zero-order chi connectivity index (χ0) is 15.4. The molecule has 5 rings (SSSR count). The maximum Gasteiger partial charge on any atom is 0.225 e. The fourth-order valence-corrected chi connectivity index (χ4v) is 3.33. The number of para-hydroxylation sites is 2. The Labute approximate surface area is 132 Å². The van der Waals surface area contributed by atoms with Gasteiger partial charge < -0.3 is 9.47 Å². The van der Waals surface area contributed by atoms with E-state index in [2.05, 4.69) is 37.6 Å². The quantitative estimate of drug-likeness (QED) is 0.746. The van der Waals surface area contributed by atoms with Crippen molar-refractivity contribution < 1.29 is 4.39 Å². The first-order valence-corrected chi connectivity index (χ1v) is 7.99. The van der Waals surface area contributed by atoms with Gasteiger partial charge in [0.05, 0.1) is 29.5 Å². The second-order valence-corrected chi connectivity index (χ2v) is 6.36. The summed E-state index contributed by atoms with van der Waals surface area (Å²) in [5, 5.41) is 0. The molecule has 3 heterocycles. The number of benzene rings is 1. The number of nitrogens with zero attached hydrogens (tertiary/aromatic N) is 5. The Morgan fingerprint density at radius 2 is 1.78 bits per heavy atom. The van der Waals surface area contributed by atoms with Crippen molar-refractivity contribution in [3.8, 4) is 0 Å². The minimum Gasteiger partial charge on any atom is -0.337 e. The van der Waals surface area contributed by atoms with Gasteiger partial charge in [-0.25, -0.2) is 19.3 Å². The Morgan fingerprint density at radius 1 is 1.04 bits per heavy atom. The predicted molar refractivity (Wildman–Crippen MR) is 84.9 cm³/mol. The molecule has 0 atom stereocenters. The smallest absolute Gasteiger partial charge is 0.225 e. The summed E-state index contributed by atoms with van der Waals surface area (Å²) in [6.07, 6.45) is 4.91. The van der Waals surface area contributed by atoms with Crippen LogP contribution in [-0.4, -0.2) is 32.6 Å². The lowest BCUT2D eigenvalue weighted by molar-refractivity contribution is 0.391. The molecule has 0 bridgehead atoms.